The molecule has 1 aliphatic carbocycles. The van der Waals surface area contributed by atoms with Crippen LogP contribution in [0.4, 0.5) is 5.69 Å². The number of aromatic nitrogens is 2. The molecule has 140 valence electrons. The summed E-state index contributed by atoms with van der Waals surface area (Å²) in [7, 11) is 1.97. The third-order valence-electron chi connectivity index (χ3n) is 5.05. The molecule has 0 spiro atoms. The minimum absolute atomic E-state index is 0.0755. The quantitative estimate of drug-likeness (QED) is 0.668. The monoisotopic (exact) mass is 380 g/mol. The largest absolute Gasteiger partial charge is 0.379 e. The third kappa shape index (κ3) is 3.90. The van der Waals surface area contributed by atoms with Gasteiger partial charge >= 0.3 is 0 Å². The number of para-hydroxylation sites is 1. The highest BCUT2D eigenvalue weighted by atomic mass is 32.1. The Morgan fingerprint density at radius 3 is 2.81 bits per heavy atom. The summed E-state index contributed by atoms with van der Waals surface area (Å²) in [5.74, 6) is 0.987. The summed E-state index contributed by atoms with van der Waals surface area (Å²) in [4.78, 5) is 21.0. The van der Waals surface area contributed by atoms with Crippen molar-refractivity contribution >= 4 is 22.9 Å². The van der Waals surface area contributed by atoms with Crippen molar-refractivity contribution in [2.75, 3.05) is 5.32 Å². The zero-order valence-corrected chi connectivity index (χ0v) is 16.5. The van der Waals surface area contributed by atoms with Gasteiger partial charge in [0.05, 0.1) is 12.1 Å². The van der Waals surface area contributed by atoms with Crippen LogP contribution in [0.3, 0.4) is 0 Å². The molecular weight excluding hydrogens is 356 g/mol. The van der Waals surface area contributed by atoms with Gasteiger partial charge in [0.15, 0.2) is 0 Å². The lowest BCUT2D eigenvalue weighted by molar-refractivity contribution is 0.0725. The number of hydrogen-bond acceptors (Lipinski definition) is 4. The van der Waals surface area contributed by atoms with E-state index in [0.717, 1.165) is 36.5 Å². The van der Waals surface area contributed by atoms with Crippen molar-refractivity contribution in [3.63, 3.8) is 0 Å². The van der Waals surface area contributed by atoms with E-state index in [-0.39, 0.29) is 5.91 Å². The number of carbonyl (C=O) groups excluding carboxylic acids is 1. The lowest BCUT2D eigenvalue weighted by Crippen LogP contribution is -2.34. The van der Waals surface area contributed by atoms with Gasteiger partial charge in [0.2, 0.25) is 0 Å². The highest BCUT2D eigenvalue weighted by Gasteiger charge is 2.34. The van der Waals surface area contributed by atoms with Crippen LogP contribution in [0.2, 0.25) is 0 Å². The van der Waals surface area contributed by atoms with E-state index in [2.05, 4.69) is 28.7 Å². The Labute approximate surface area is 163 Å². The minimum atomic E-state index is 0.0755. The Bertz CT molecular complexity index is 941. The molecule has 2 heterocycles. The van der Waals surface area contributed by atoms with Crippen LogP contribution in [-0.2, 0) is 20.1 Å². The van der Waals surface area contributed by atoms with Crippen LogP contribution in [0, 0.1) is 6.92 Å². The van der Waals surface area contributed by atoms with Gasteiger partial charge in [-0.2, -0.15) is 0 Å². The fraction of sp³-hybridized carbons (Fsp3) is 0.333. The summed E-state index contributed by atoms with van der Waals surface area (Å²) in [5.41, 5.74) is 2.90. The average Bonchev–Trinajstić information content (AvgIpc) is 3.31. The number of benzene rings is 1. The number of hydrogen-bond donors (Lipinski definition) is 1. The maximum atomic E-state index is 13.4. The number of aryl methyl sites for hydroxylation is 2. The van der Waals surface area contributed by atoms with E-state index in [1.54, 1.807) is 17.5 Å². The molecule has 1 saturated carbocycles. The van der Waals surface area contributed by atoms with Gasteiger partial charge in [-0.25, -0.2) is 4.98 Å². The standard InChI is InChI=1S/C21H24N4OS/c1-15-9-12-27-19(15)13-23-18-6-4-3-5-17(18)21(26)25(16-7-8-16)14-20-22-10-11-24(20)2/h3-6,9-12,16,23H,7-8,13-14H2,1-2H3. The molecule has 1 aromatic carbocycles. The number of anilines is 1. The highest BCUT2D eigenvalue weighted by molar-refractivity contribution is 7.10. The van der Waals surface area contributed by atoms with Crippen LogP contribution in [0.25, 0.3) is 0 Å². The van der Waals surface area contributed by atoms with Crippen LogP contribution in [-0.4, -0.2) is 26.4 Å². The molecule has 3 aromatic rings. The van der Waals surface area contributed by atoms with Crippen molar-refractivity contribution in [3.8, 4) is 0 Å². The number of thiophene rings is 1. The Morgan fingerprint density at radius 2 is 2.15 bits per heavy atom. The van der Waals surface area contributed by atoms with Gasteiger partial charge in [-0.05, 0) is 48.9 Å². The van der Waals surface area contributed by atoms with E-state index in [4.69, 9.17) is 0 Å². The Morgan fingerprint density at radius 1 is 1.33 bits per heavy atom. The summed E-state index contributed by atoms with van der Waals surface area (Å²) >= 11 is 1.74. The van der Waals surface area contributed by atoms with E-state index >= 15 is 0 Å². The number of rotatable bonds is 7. The summed E-state index contributed by atoms with van der Waals surface area (Å²) in [6, 6.07) is 10.3. The molecule has 1 aliphatic rings. The molecule has 4 rings (SSSR count). The fourth-order valence-corrected chi connectivity index (χ4v) is 4.04. The van der Waals surface area contributed by atoms with Crippen molar-refractivity contribution in [1.82, 2.24) is 14.5 Å². The van der Waals surface area contributed by atoms with E-state index in [0.29, 0.717) is 12.6 Å². The van der Waals surface area contributed by atoms with Crippen molar-refractivity contribution in [2.24, 2.45) is 7.05 Å². The molecule has 0 saturated heterocycles. The second kappa shape index (κ2) is 7.56. The lowest BCUT2D eigenvalue weighted by atomic mass is 10.1. The molecule has 1 amide bonds. The number of imidazole rings is 1. The van der Waals surface area contributed by atoms with Crippen LogP contribution >= 0.6 is 11.3 Å². The Kier molecular flexibility index (Phi) is 4.99. The number of amides is 1. The van der Waals surface area contributed by atoms with Gasteiger partial charge in [0.1, 0.15) is 5.82 Å². The first kappa shape index (κ1) is 17.8. The molecule has 27 heavy (non-hydrogen) atoms. The van der Waals surface area contributed by atoms with Crippen molar-refractivity contribution in [1.29, 1.82) is 0 Å². The molecule has 0 radical (unpaired) electrons. The highest BCUT2D eigenvalue weighted by Crippen LogP contribution is 2.31. The number of nitrogens with zero attached hydrogens (tertiary/aromatic N) is 3. The average molecular weight is 381 g/mol. The molecule has 6 heteroatoms. The maximum absolute atomic E-state index is 13.4. The van der Waals surface area contributed by atoms with Crippen molar-refractivity contribution in [2.45, 2.75) is 38.9 Å². The topological polar surface area (TPSA) is 50.2 Å². The number of carbonyl (C=O) groups is 1. The smallest absolute Gasteiger partial charge is 0.256 e. The summed E-state index contributed by atoms with van der Waals surface area (Å²) in [6.07, 6.45) is 5.84. The van der Waals surface area contributed by atoms with Crippen LogP contribution < -0.4 is 5.32 Å². The second-order valence-electron chi connectivity index (χ2n) is 7.04. The zero-order valence-electron chi connectivity index (χ0n) is 15.7. The van der Waals surface area contributed by atoms with Gasteiger partial charge in [-0.1, -0.05) is 12.1 Å². The Balaban J connectivity index is 1.55. The normalized spacial score (nSPS) is 13.6. The van der Waals surface area contributed by atoms with Gasteiger partial charge in [-0.3, -0.25) is 4.79 Å². The fourth-order valence-electron chi connectivity index (χ4n) is 3.19. The van der Waals surface area contributed by atoms with Crippen LogP contribution in [0.15, 0.2) is 48.1 Å². The molecular formula is C21H24N4OS. The van der Waals surface area contributed by atoms with Gasteiger partial charge in [-0.15, -0.1) is 11.3 Å². The Hall–Kier alpha value is -2.60. The van der Waals surface area contributed by atoms with Crippen molar-refractivity contribution in [3.05, 3.63) is 69.9 Å². The van der Waals surface area contributed by atoms with E-state index in [1.807, 2.05) is 47.0 Å². The summed E-state index contributed by atoms with van der Waals surface area (Å²) in [5, 5.41) is 5.57. The first-order valence-corrected chi connectivity index (χ1v) is 10.1. The second-order valence-corrected chi connectivity index (χ2v) is 8.05. The van der Waals surface area contributed by atoms with Gasteiger partial charge in [0, 0.05) is 42.6 Å². The summed E-state index contributed by atoms with van der Waals surface area (Å²) in [6.45, 7) is 3.40. The van der Waals surface area contributed by atoms with Gasteiger partial charge < -0.3 is 14.8 Å². The first-order valence-electron chi connectivity index (χ1n) is 9.26. The predicted molar refractivity (Wildman–Crippen MR) is 109 cm³/mol. The molecule has 1 fully saturated rings. The number of nitrogens with one attached hydrogen (secondary N) is 1. The minimum Gasteiger partial charge on any atom is -0.379 e. The molecule has 5 nitrogen and oxygen atoms in total. The van der Waals surface area contributed by atoms with Crippen molar-refractivity contribution < 1.29 is 4.79 Å². The molecule has 2 aromatic heterocycles. The molecule has 0 aliphatic heterocycles. The lowest BCUT2D eigenvalue weighted by Gasteiger charge is -2.23. The predicted octanol–water partition coefficient (Wildman–Crippen LogP) is 4.21. The molecule has 0 bridgehead atoms. The molecule has 1 N–H and O–H groups in total. The third-order valence-corrected chi connectivity index (χ3v) is 6.07. The SMILES string of the molecule is Cc1ccsc1CNc1ccccc1C(=O)N(Cc1nccn1C)C1CC1. The molecule has 0 atom stereocenters. The van der Waals surface area contributed by atoms with E-state index < -0.39 is 0 Å². The first-order chi connectivity index (χ1) is 13.1. The maximum Gasteiger partial charge on any atom is 0.256 e. The van der Waals surface area contributed by atoms with Crippen LogP contribution in [0.5, 0.6) is 0 Å². The van der Waals surface area contributed by atoms with Crippen LogP contribution in [0.1, 0.15) is 39.5 Å². The molecule has 0 unspecified atom stereocenters. The van der Waals surface area contributed by atoms with Gasteiger partial charge in [0.25, 0.3) is 5.91 Å². The summed E-state index contributed by atoms with van der Waals surface area (Å²) < 4.78 is 1.98. The zero-order chi connectivity index (χ0) is 18.8. The van der Waals surface area contributed by atoms with E-state index in [9.17, 15) is 4.79 Å². The van der Waals surface area contributed by atoms with E-state index in [1.165, 1.54) is 10.4 Å².